The number of amides is 1. The Balaban J connectivity index is 1.85. The number of benzene rings is 2. The highest BCUT2D eigenvalue weighted by molar-refractivity contribution is 6.36. The number of hydrogen-bond acceptors (Lipinski definition) is 4. The number of likely N-dealkylation sites (N-methyl/N-ethyl adjacent to an activating group) is 1. The summed E-state index contributed by atoms with van der Waals surface area (Å²) in [6.07, 6.45) is 0. The second-order valence-corrected chi connectivity index (χ2v) is 6.93. The van der Waals surface area contributed by atoms with E-state index < -0.39 is 0 Å². The number of nitrogens with one attached hydrogen (secondary N) is 1. The van der Waals surface area contributed by atoms with Crippen LogP contribution in [0.2, 0.25) is 10.0 Å². The molecule has 0 radical (unpaired) electrons. The molecule has 1 fully saturated rings. The molecule has 1 amide bonds. The molecule has 132 valence electrons. The number of nitrogens with two attached hydrogens (primary N) is 1. The van der Waals surface area contributed by atoms with Gasteiger partial charge in [0.1, 0.15) is 0 Å². The number of nitrogens with zero attached hydrogens (tertiary/aromatic N) is 2. The van der Waals surface area contributed by atoms with Gasteiger partial charge in [-0.05, 0) is 31.3 Å². The Morgan fingerprint density at radius 2 is 1.76 bits per heavy atom. The number of rotatable bonds is 3. The van der Waals surface area contributed by atoms with Crippen LogP contribution >= 0.6 is 23.2 Å². The zero-order chi connectivity index (χ0) is 18.0. The Morgan fingerprint density at radius 1 is 1.08 bits per heavy atom. The molecule has 1 aliphatic heterocycles. The second-order valence-electron chi connectivity index (χ2n) is 6.12. The van der Waals surface area contributed by atoms with E-state index in [1.807, 2.05) is 6.07 Å². The average molecular weight is 379 g/mol. The van der Waals surface area contributed by atoms with Crippen molar-refractivity contribution in [1.82, 2.24) is 4.90 Å². The van der Waals surface area contributed by atoms with E-state index in [1.54, 1.807) is 30.3 Å². The third kappa shape index (κ3) is 4.00. The zero-order valence-electron chi connectivity index (χ0n) is 13.9. The quantitative estimate of drug-likeness (QED) is 0.801. The minimum absolute atomic E-state index is 0.304. The fourth-order valence-electron chi connectivity index (χ4n) is 2.83. The Labute approximate surface area is 157 Å². The monoisotopic (exact) mass is 378 g/mol. The van der Waals surface area contributed by atoms with Gasteiger partial charge in [0.2, 0.25) is 0 Å². The predicted molar refractivity (Wildman–Crippen MR) is 105 cm³/mol. The third-order valence-electron chi connectivity index (χ3n) is 4.33. The molecule has 0 aromatic heterocycles. The summed E-state index contributed by atoms with van der Waals surface area (Å²) in [6.45, 7) is 3.67. The van der Waals surface area contributed by atoms with Crippen molar-refractivity contribution in [2.75, 3.05) is 49.2 Å². The molecule has 25 heavy (non-hydrogen) atoms. The first kappa shape index (κ1) is 17.9. The molecular formula is C18H20Cl2N4O. The SMILES string of the molecule is CN1CCN(c2cc(NC(=O)c3ccccc3Cl)c(Cl)cc2N)CC1. The van der Waals surface area contributed by atoms with Crippen molar-refractivity contribution in [1.29, 1.82) is 0 Å². The van der Waals surface area contributed by atoms with Gasteiger partial charge in [0.25, 0.3) is 5.91 Å². The molecule has 5 nitrogen and oxygen atoms in total. The molecule has 0 saturated carbocycles. The van der Waals surface area contributed by atoms with Crippen molar-refractivity contribution < 1.29 is 4.79 Å². The van der Waals surface area contributed by atoms with E-state index in [4.69, 9.17) is 28.9 Å². The molecule has 0 bridgehead atoms. The molecular weight excluding hydrogens is 359 g/mol. The molecule has 2 aromatic rings. The molecule has 0 atom stereocenters. The van der Waals surface area contributed by atoms with Crippen LogP contribution in [-0.4, -0.2) is 44.0 Å². The molecule has 0 spiro atoms. The number of piperazine rings is 1. The maximum Gasteiger partial charge on any atom is 0.257 e. The van der Waals surface area contributed by atoms with Crippen LogP contribution < -0.4 is 16.0 Å². The number of carbonyl (C=O) groups is 1. The number of anilines is 3. The maximum atomic E-state index is 12.5. The summed E-state index contributed by atoms with van der Waals surface area (Å²) in [4.78, 5) is 17.0. The largest absolute Gasteiger partial charge is 0.397 e. The number of halogens is 2. The van der Waals surface area contributed by atoms with E-state index in [9.17, 15) is 4.79 Å². The summed E-state index contributed by atoms with van der Waals surface area (Å²) in [5, 5.41) is 3.63. The van der Waals surface area contributed by atoms with Crippen LogP contribution in [0.5, 0.6) is 0 Å². The van der Waals surface area contributed by atoms with Crippen LogP contribution in [0, 0.1) is 0 Å². The second kappa shape index (κ2) is 7.52. The van der Waals surface area contributed by atoms with E-state index >= 15 is 0 Å². The number of hydrogen-bond donors (Lipinski definition) is 2. The van der Waals surface area contributed by atoms with Crippen molar-refractivity contribution in [2.24, 2.45) is 0 Å². The smallest absolute Gasteiger partial charge is 0.257 e. The van der Waals surface area contributed by atoms with Crippen LogP contribution in [0.3, 0.4) is 0 Å². The van der Waals surface area contributed by atoms with Gasteiger partial charge in [0.05, 0.1) is 32.7 Å². The van der Waals surface area contributed by atoms with Gasteiger partial charge in [0, 0.05) is 26.2 Å². The van der Waals surface area contributed by atoms with E-state index in [2.05, 4.69) is 22.2 Å². The molecule has 1 saturated heterocycles. The van der Waals surface area contributed by atoms with Crippen LogP contribution in [0.25, 0.3) is 0 Å². The van der Waals surface area contributed by atoms with Crippen LogP contribution in [0.1, 0.15) is 10.4 Å². The maximum absolute atomic E-state index is 12.5. The first-order valence-electron chi connectivity index (χ1n) is 8.04. The minimum Gasteiger partial charge on any atom is -0.397 e. The predicted octanol–water partition coefficient (Wildman–Crippen LogP) is 3.58. The van der Waals surface area contributed by atoms with E-state index in [0.717, 1.165) is 31.9 Å². The standard InChI is InChI=1S/C18H20Cl2N4O/c1-23-6-8-24(9-7-23)17-11-16(14(20)10-15(17)21)22-18(25)12-4-2-3-5-13(12)19/h2-5,10-11H,6-9,21H2,1H3,(H,22,25). The Bertz CT molecular complexity index is 789. The summed E-state index contributed by atoms with van der Waals surface area (Å²) >= 11 is 12.4. The lowest BCUT2D eigenvalue weighted by molar-refractivity contribution is 0.102. The highest BCUT2D eigenvalue weighted by atomic mass is 35.5. The average Bonchev–Trinajstić information content (AvgIpc) is 2.58. The van der Waals surface area contributed by atoms with Gasteiger partial charge in [-0.3, -0.25) is 4.79 Å². The molecule has 0 unspecified atom stereocenters. The topological polar surface area (TPSA) is 61.6 Å². The summed E-state index contributed by atoms with van der Waals surface area (Å²) in [6, 6.07) is 10.4. The highest BCUT2D eigenvalue weighted by Gasteiger charge is 2.19. The van der Waals surface area contributed by atoms with Gasteiger partial charge in [0.15, 0.2) is 0 Å². The van der Waals surface area contributed by atoms with Crippen molar-refractivity contribution >= 4 is 46.2 Å². The first-order chi connectivity index (χ1) is 12.0. The van der Waals surface area contributed by atoms with Crippen LogP contribution in [0.15, 0.2) is 36.4 Å². The van der Waals surface area contributed by atoms with Gasteiger partial charge in [-0.25, -0.2) is 0 Å². The summed E-state index contributed by atoms with van der Waals surface area (Å²) in [5.41, 5.74) is 8.56. The van der Waals surface area contributed by atoms with Gasteiger partial charge in [-0.1, -0.05) is 35.3 Å². The van der Waals surface area contributed by atoms with Crippen molar-refractivity contribution in [3.05, 3.63) is 52.0 Å². The lowest BCUT2D eigenvalue weighted by Crippen LogP contribution is -2.44. The van der Waals surface area contributed by atoms with Crippen LogP contribution in [-0.2, 0) is 0 Å². The Kier molecular flexibility index (Phi) is 5.37. The summed E-state index contributed by atoms with van der Waals surface area (Å²) in [5.74, 6) is -0.304. The highest BCUT2D eigenvalue weighted by Crippen LogP contribution is 2.34. The van der Waals surface area contributed by atoms with E-state index in [1.165, 1.54) is 0 Å². The van der Waals surface area contributed by atoms with Gasteiger partial charge in [-0.15, -0.1) is 0 Å². The first-order valence-corrected chi connectivity index (χ1v) is 8.79. The normalized spacial score (nSPS) is 15.2. The molecule has 0 aliphatic carbocycles. The number of nitrogen functional groups attached to an aromatic ring is 1. The van der Waals surface area contributed by atoms with Gasteiger partial charge >= 0.3 is 0 Å². The molecule has 3 N–H and O–H groups in total. The minimum atomic E-state index is -0.304. The lowest BCUT2D eigenvalue weighted by Gasteiger charge is -2.35. The van der Waals surface area contributed by atoms with Crippen LogP contribution in [0.4, 0.5) is 17.1 Å². The van der Waals surface area contributed by atoms with Gasteiger partial charge < -0.3 is 20.9 Å². The molecule has 3 rings (SSSR count). The molecule has 1 heterocycles. The Hall–Kier alpha value is -1.95. The third-order valence-corrected chi connectivity index (χ3v) is 4.97. The zero-order valence-corrected chi connectivity index (χ0v) is 15.4. The van der Waals surface area contributed by atoms with Crippen molar-refractivity contribution in [3.8, 4) is 0 Å². The molecule has 1 aliphatic rings. The Morgan fingerprint density at radius 3 is 2.44 bits per heavy atom. The lowest BCUT2D eigenvalue weighted by atomic mass is 10.1. The summed E-state index contributed by atoms with van der Waals surface area (Å²) < 4.78 is 0. The molecule has 7 heteroatoms. The van der Waals surface area contributed by atoms with Crippen molar-refractivity contribution in [2.45, 2.75) is 0 Å². The van der Waals surface area contributed by atoms with Gasteiger partial charge in [-0.2, -0.15) is 0 Å². The summed E-state index contributed by atoms with van der Waals surface area (Å²) in [7, 11) is 2.10. The van der Waals surface area contributed by atoms with E-state index in [-0.39, 0.29) is 5.91 Å². The number of carbonyl (C=O) groups excluding carboxylic acids is 1. The fraction of sp³-hybridized carbons (Fsp3) is 0.278. The van der Waals surface area contributed by atoms with E-state index in [0.29, 0.717) is 27.0 Å². The molecule has 2 aromatic carbocycles. The fourth-order valence-corrected chi connectivity index (χ4v) is 3.27. The van der Waals surface area contributed by atoms with Crippen molar-refractivity contribution in [3.63, 3.8) is 0 Å².